The average molecular weight is 325 g/mol. The van der Waals surface area contributed by atoms with Crippen LogP contribution in [0.1, 0.15) is 6.92 Å². The van der Waals surface area contributed by atoms with Gasteiger partial charge in [0.2, 0.25) is 10.0 Å². The van der Waals surface area contributed by atoms with E-state index in [0.717, 1.165) is 16.4 Å². The van der Waals surface area contributed by atoms with Crippen molar-refractivity contribution in [1.82, 2.24) is 4.98 Å². The molecule has 0 saturated heterocycles. The van der Waals surface area contributed by atoms with Crippen LogP contribution in [0.3, 0.4) is 0 Å². The molecule has 0 atom stereocenters. The van der Waals surface area contributed by atoms with Gasteiger partial charge < -0.3 is 4.90 Å². The predicted octanol–water partition coefficient (Wildman–Crippen LogP) is 2.66. The summed E-state index contributed by atoms with van der Waals surface area (Å²) in [5, 5.41) is 2.94. The second kappa shape index (κ2) is 6.03. The highest BCUT2D eigenvalue weighted by atomic mass is 32.2. The molecule has 0 N–H and O–H groups in total. The number of sulfonamides is 1. The zero-order chi connectivity index (χ0) is 15.6. The van der Waals surface area contributed by atoms with E-state index in [4.69, 9.17) is 0 Å². The summed E-state index contributed by atoms with van der Waals surface area (Å²) < 4.78 is 24.8. The molecule has 0 radical (unpaired) electrons. The number of hydrogen-bond acceptors (Lipinski definition) is 5. The van der Waals surface area contributed by atoms with Crippen LogP contribution in [-0.4, -0.2) is 40.3 Å². The van der Waals surface area contributed by atoms with Crippen molar-refractivity contribution in [1.29, 1.82) is 0 Å². The van der Waals surface area contributed by atoms with Crippen molar-refractivity contribution < 1.29 is 8.42 Å². The SMILES string of the molecule is CCN(c1ccc(-c2csc(N(C)C)n2)cc1)S(C)(=O)=O. The number of nitrogens with zero attached hydrogens (tertiary/aromatic N) is 3. The van der Waals surface area contributed by atoms with Crippen LogP contribution in [-0.2, 0) is 10.0 Å². The van der Waals surface area contributed by atoms with E-state index in [1.54, 1.807) is 11.3 Å². The molecule has 2 rings (SSSR count). The molecule has 114 valence electrons. The van der Waals surface area contributed by atoms with E-state index < -0.39 is 10.0 Å². The van der Waals surface area contributed by atoms with Crippen molar-refractivity contribution in [3.63, 3.8) is 0 Å². The van der Waals surface area contributed by atoms with E-state index in [0.29, 0.717) is 12.2 Å². The monoisotopic (exact) mass is 325 g/mol. The molecule has 0 aliphatic rings. The lowest BCUT2D eigenvalue weighted by Gasteiger charge is -2.20. The Kier molecular flexibility index (Phi) is 4.53. The Morgan fingerprint density at radius 1 is 1.19 bits per heavy atom. The first-order valence-corrected chi connectivity index (χ1v) is 9.26. The number of thiazole rings is 1. The Balaban J connectivity index is 2.30. The predicted molar refractivity (Wildman–Crippen MR) is 89.7 cm³/mol. The molecule has 0 spiro atoms. The highest BCUT2D eigenvalue weighted by Crippen LogP contribution is 2.28. The lowest BCUT2D eigenvalue weighted by Crippen LogP contribution is -2.29. The molecule has 0 fully saturated rings. The second-order valence-electron chi connectivity index (χ2n) is 4.88. The van der Waals surface area contributed by atoms with Gasteiger partial charge in [0.15, 0.2) is 5.13 Å². The van der Waals surface area contributed by atoms with Crippen LogP contribution in [0.2, 0.25) is 0 Å². The molecule has 1 heterocycles. The Labute approximate surface area is 129 Å². The molecule has 21 heavy (non-hydrogen) atoms. The number of anilines is 2. The van der Waals surface area contributed by atoms with E-state index in [1.165, 1.54) is 10.6 Å². The van der Waals surface area contributed by atoms with Gasteiger partial charge in [0.1, 0.15) is 0 Å². The van der Waals surface area contributed by atoms with Gasteiger partial charge in [0.05, 0.1) is 17.6 Å². The summed E-state index contributed by atoms with van der Waals surface area (Å²) in [5.41, 5.74) is 2.55. The van der Waals surface area contributed by atoms with Crippen molar-refractivity contribution in [2.24, 2.45) is 0 Å². The molecule has 0 aliphatic heterocycles. The molecule has 5 nitrogen and oxygen atoms in total. The minimum Gasteiger partial charge on any atom is -0.354 e. The summed E-state index contributed by atoms with van der Waals surface area (Å²) in [5.74, 6) is 0. The molecule has 1 aromatic heterocycles. The van der Waals surface area contributed by atoms with Crippen molar-refractivity contribution in [3.05, 3.63) is 29.6 Å². The molecule has 0 amide bonds. The minimum absolute atomic E-state index is 0.416. The van der Waals surface area contributed by atoms with Gasteiger partial charge in [-0.3, -0.25) is 4.31 Å². The van der Waals surface area contributed by atoms with Crippen LogP contribution in [0, 0.1) is 0 Å². The van der Waals surface area contributed by atoms with Crippen molar-refractivity contribution in [3.8, 4) is 11.3 Å². The number of benzene rings is 1. The fraction of sp³-hybridized carbons (Fsp3) is 0.357. The standard InChI is InChI=1S/C14H19N3O2S2/c1-5-17(21(4,18)19)12-8-6-11(7-9-12)13-10-20-14(15-13)16(2)3/h6-10H,5H2,1-4H3. The largest absolute Gasteiger partial charge is 0.354 e. The quantitative estimate of drug-likeness (QED) is 0.848. The highest BCUT2D eigenvalue weighted by molar-refractivity contribution is 7.92. The van der Waals surface area contributed by atoms with Crippen molar-refractivity contribution in [2.75, 3.05) is 36.1 Å². The molecule has 2 aromatic rings. The molecule has 0 unspecified atom stereocenters. The van der Waals surface area contributed by atoms with Gasteiger partial charge in [-0.1, -0.05) is 12.1 Å². The normalized spacial score (nSPS) is 11.4. The van der Waals surface area contributed by atoms with Gasteiger partial charge in [-0.25, -0.2) is 13.4 Å². The maximum atomic E-state index is 11.7. The summed E-state index contributed by atoms with van der Waals surface area (Å²) in [6.07, 6.45) is 1.22. The van der Waals surface area contributed by atoms with Gasteiger partial charge in [-0.15, -0.1) is 11.3 Å². The summed E-state index contributed by atoms with van der Waals surface area (Å²) in [4.78, 5) is 6.50. The smallest absolute Gasteiger partial charge is 0.232 e. The zero-order valence-electron chi connectivity index (χ0n) is 12.6. The van der Waals surface area contributed by atoms with Crippen molar-refractivity contribution >= 4 is 32.2 Å². The first kappa shape index (κ1) is 15.8. The van der Waals surface area contributed by atoms with Crippen LogP contribution in [0.5, 0.6) is 0 Å². The van der Waals surface area contributed by atoms with Gasteiger partial charge >= 0.3 is 0 Å². The number of rotatable bonds is 5. The first-order chi connectivity index (χ1) is 9.82. The van der Waals surface area contributed by atoms with E-state index >= 15 is 0 Å². The number of aromatic nitrogens is 1. The Morgan fingerprint density at radius 3 is 2.24 bits per heavy atom. The van der Waals surface area contributed by atoms with E-state index in [9.17, 15) is 8.42 Å². The number of hydrogen-bond donors (Lipinski definition) is 0. The summed E-state index contributed by atoms with van der Waals surface area (Å²) in [7, 11) is 0.671. The topological polar surface area (TPSA) is 53.5 Å². The third kappa shape index (κ3) is 3.54. The third-order valence-electron chi connectivity index (χ3n) is 3.01. The summed E-state index contributed by atoms with van der Waals surface area (Å²) in [6.45, 7) is 2.23. The molecule has 0 aliphatic carbocycles. The van der Waals surface area contributed by atoms with Crippen LogP contribution >= 0.6 is 11.3 Å². The molecule has 7 heteroatoms. The zero-order valence-corrected chi connectivity index (χ0v) is 14.2. The summed E-state index contributed by atoms with van der Waals surface area (Å²) in [6, 6.07) is 7.43. The lowest BCUT2D eigenvalue weighted by molar-refractivity contribution is 0.598. The van der Waals surface area contributed by atoms with Crippen LogP contribution in [0.4, 0.5) is 10.8 Å². The highest BCUT2D eigenvalue weighted by Gasteiger charge is 2.15. The van der Waals surface area contributed by atoms with Gasteiger partial charge in [-0.2, -0.15) is 0 Å². The van der Waals surface area contributed by atoms with Gasteiger partial charge in [-0.05, 0) is 19.1 Å². The van der Waals surface area contributed by atoms with Crippen molar-refractivity contribution in [2.45, 2.75) is 6.92 Å². The maximum Gasteiger partial charge on any atom is 0.232 e. The van der Waals surface area contributed by atoms with E-state index in [-0.39, 0.29) is 0 Å². The van der Waals surface area contributed by atoms with Gasteiger partial charge in [0.25, 0.3) is 0 Å². The van der Waals surface area contributed by atoms with Gasteiger partial charge in [0, 0.05) is 31.6 Å². The van der Waals surface area contributed by atoms with Crippen LogP contribution in [0.15, 0.2) is 29.6 Å². The van der Waals surface area contributed by atoms with Crippen LogP contribution < -0.4 is 9.21 Å². The summed E-state index contributed by atoms with van der Waals surface area (Å²) >= 11 is 1.58. The minimum atomic E-state index is -3.24. The molecule has 0 bridgehead atoms. The third-order valence-corrected chi connectivity index (χ3v) is 5.29. The van der Waals surface area contributed by atoms with E-state index in [1.807, 2.05) is 55.6 Å². The Hall–Kier alpha value is -1.60. The molecular formula is C14H19N3O2S2. The molecule has 0 saturated carbocycles. The molecular weight excluding hydrogens is 306 g/mol. The second-order valence-corrected chi connectivity index (χ2v) is 7.63. The first-order valence-electron chi connectivity index (χ1n) is 6.54. The van der Waals surface area contributed by atoms with Crippen LogP contribution in [0.25, 0.3) is 11.3 Å². The maximum absolute atomic E-state index is 11.7. The fourth-order valence-corrected chi connectivity index (χ4v) is 3.75. The Morgan fingerprint density at radius 2 is 1.81 bits per heavy atom. The average Bonchev–Trinajstić information content (AvgIpc) is 2.88. The lowest BCUT2D eigenvalue weighted by atomic mass is 10.1. The molecule has 1 aromatic carbocycles. The van der Waals surface area contributed by atoms with E-state index in [2.05, 4.69) is 4.98 Å². The Bertz CT molecular complexity index is 706. The fourth-order valence-electron chi connectivity index (χ4n) is 2.01.